The van der Waals surface area contributed by atoms with Crippen LogP contribution in [-0.2, 0) is 0 Å². The molecule has 1 aromatic heterocycles. The van der Waals surface area contributed by atoms with Crippen LogP contribution in [0.25, 0.3) is 10.9 Å². The molecule has 3 nitrogen and oxygen atoms in total. The number of carbonyl (C=O) groups is 1. The van der Waals surface area contributed by atoms with E-state index in [0.717, 1.165) is 29.3 Å². The molecule has 0 unspecified atom stereocenters. The Morgan fingerprint density at radius 1 is 1.35 bits per heavy atom. The average molecular weight is 268 g/mol. The predicted molar refractivity (Wildman–Crippen MR) is 81.8 cm³/mol. The van der Waals surface area contributed by atoms with Crippen molar-refractivity contribution in [3.63, 3.8) is 0 Å². The second-order valence-corrected chi connectivity index (χ2v) is 5.43. The first-order valence-corrected chi connectivity index (χ1v) is 7.29. The van der Waals surface area contributed by atoms with Gasteiger partial charge in [-0.1, -0.05) is 31.1 Å². The van der Waals surface area contributed by atoms with Crippen LogP contribution in [0.4, 0.5) is 0 Å². The lowest BCUT2D eigenvalue weighted by Crippen LogP contribution is -2.39. The molecule has 0 radical (unpaired) electrons. The predicted octanol–water partition coefficient (Wildman–Crippen LogP) is 3.74. The van der Waals surface area contributed by atoms with Gasteiger partial charge in [0.15, 0.2) is 0 Å². The Labute approximate surface area is 119 Å². The number of nitrogens with one attached hydrogen (secondary N) is 1. The van der Waals surface area contributed by atoms with E-state index < -0.39 is 0 Å². The number of benzene rings is 1. The SMILES string of the molecule is C=CCN(C(=O)c1cccc2cc[nH]c12)C1CCCC1. The van der Waals surface area contributed by atoms with Gasteiger partial charge in [-0.05, 0) is 25.0 Å². The van der Waals surface area contributed by atoms with E-state index in [1.165, 1.54) is 12.8 Å². The van der Waals surface area contributed by atoms with Crippen molar-refractivity contribution in [1.29, 1.82) is 0 Å². The lowest BCUT2D eigenvalue weighted by molar-refractivity contribution is 0.0708. The summed E-state index contributed by atoms with van der Waals surface area (Å²) in [6.45, 7) is 4.42. The monoisotopic (exact) mass is 268 g/mol. The van der Waals surface area contributed by atoms with Crippen molar-refractivity contribution < 1.29 is 4.79 Å². The number of carbonyl (C=O) groups excluding carboxylic acids is 1. The van der Waals surface area contributed by atoms with Crippen LogP contribution in [0, 0.1) is 0 Å². The molecule has 3 heteroatoms. The smallest absolute Gasteiger partial charge is 0.256 e. The molecule has 0 spiro atoms. The highest BCUT2D eigenvalue weighted by Gasteiger charge is 2.27. The molecule has 3 rings (SSSR count). The summed E-state index contributed by atoms with van der Waals surface area (Å²) in [5.41, 5.74) is 1.70. The van der Waals surface area contributed by atoms with E-state index in [1.54, 1.807) is 0 Å². The van der Waals surface area contributed by atoms with Gasteiger partial charge in [0.25, 0.3) is 5.91 Å². The van der Waals surface area contributed by atoms with Gasteiger partial charge in [-0.15, -0.1) is 6.58 Å². The van der Waals surface area contributed by atoms with E-state index in [-0.39, 0.29) is 5.91 Å². The number of hydrogen-bond donors (Lipinski definition) is 1. The molecule has 1 saturated carbocycles. The maximum atomic E-state index is 12.9. The van der Waals surface area contributed by atoms with Crippen LogP contribution < -0.4 is 0 Å². The Morgan fingerprint density at radius 2 is 2.15 bits per heavy atom. The van der Waals surface area contributed by atoms with Gasteiger partial charge in [0, 0.05) is 24.2 Å². The lowest BCUT2D eigenvalue weighted by atomic mass is 10.1. The van der Waals surface area contributed by atoms with Gasteiger partial charge in [-0.25, -0.2) is 0 Å². The molecule has 0 atom stereocenters. The third-order valence-electron chi connectivity index (χ3n) is 4.17. The number of aromatic nitrogens is 1. The van der Waals surface area contributed by atoms with Gasteiger partial charge in [0.05, 0.1) is 11.1 Å². The molecule has 1 aliphatic carbocycles. The van der Waals surface area contributed by atoms with E-state index in [9.17, 15) is 4.79 Å². The quantitative estimate of drug-likeness (QED) is 0.842. The molecular formula is C17H20N2O. The summed E-state index contributed by atoms with van der Waals surface area (Å²) in [5.74, 6) is 0.116. The zero-order valence-electron chi connectivity index (χ0n) is 11.6. The number of fused-ring (bicyclic) bond motifs is 1. The first kappa shape index (κ1) is 13.0. The molecule has 1 heterocycles. The highest BCUT2D eigenvalue weighted by atomic mass is 16.2. The molecule has 1 amide bonds. The number of para-hydroxylation sites is 1. The highest BCUT2D eigenvalue weighted by Crippen LogP contribution is 2.26. The summed E-state index contributed by atoms with van der Waals surface area (Å²) in [6, 6.07) is 8.25. The average Bonchev–Trinajstić information content (AvgIpc) is 3.14. The zero-order valence-corrected chi connectivity index (χ0v) is 11.6. The normalized spacial score (nSPS) is 15.6. The van der Waals surface area contributed by atoms with Gasteiger partial charge < -0.3 is 9.88 Å². The molecule has 1 aliphatic rings. The van der Waals surface area contributed by atoms with Crippen molar-refractivity contribution in [2.24, 2.45) is 0 Å². The van der Waals surface area contributed by atoms with Crippen LogP contribution >= 0.6 is 0 Å². The maximum absolute atomic E-state index is 12.9. The summed E-state index contributed by atoms with van der Waals surface area (Å²) >= 11 is 0. The topological polar surface area (TPSA) is 36.1 Å². The van der Waals surface area contributed by atoms with Crippen molar-refractivity contribution >= 4 is 16.8 Å². The molecule has 1 fully saturated rings. The summed E-state index contributed by atoms with van der Waals surface area (Å²) < 4.78 is 0. The van der Waals surface area contributed by atoms with Gasteiger partial charge in [0.1, 0.15) is 0 Å². The second kappa shape index (κ2) is 5.53. The van der Waals surface area contributed by atoms with E-state index in [4.69, 9.17) is 0 Å². The van der Waals surface area contributed by atoms with E-state index in [2.05, 4.69) is 11.6 Å². The fourth-order valence-electron chi connectivity index (χ4n) is 3.17. The third kappa shape index (κ3) is 2.24. The highest BCUT2D eigenvalue weighted by molar-refractivity contribution is 6.05. The molecule has 104 valence electrons. The molecule has 0 aliphatic heterocycles. The molecule has 1 N–H and O–H groups in total. The van der Waals surface area contributed by atoms with Crippen LogP contribution in [0.15, 0.2) is 43.1 Å². The number of amides is 1. The van der Waals surface area contributed by atoms with Gasteiger partial charge in [0.2, 0.25) is 0 Å². The van der Waals surface area contributed by atoms with Crippen molar-refractivity contribution in [1.82, 2.24) is 9.88 Å². The van der Waals surface area contributed by atoms with Crippen molar-refractivity contribution in [2.45, 2.75) is 31.7 Å². The summed E-state index contributed by atoms with van der Waals surface area (Å²) in [6.07, 6.45) is 8.37. The van der Waals surface area contributed by atoms with Crippen LogP contribution in [0.1, 0.15) is 36.0 Å². The summed E-state index contributed by atoms with van der Waals surface area (Å²) in [7, 11) is 0. The van der Waals surface area contributed by atoms with Crippen LogP contribution in [-0.4, -0.2) is 28.4 Å². The number of rotatable bonds is 4. The van der Waals surface area contributed by atoms with Gasteiger partial charge >= 0.3 is 0 Å². The van der Waals surface area contributed by atoms with E-state index >= 15 is 0 Å². The largest absolute Gasteiger partial charge is 0.361 e. The van der Waals surface area contributed by atoms with Crippen molar-refractivity contribution in [3.05, 3.63) is 48.7 Å². The Morgan fingerprint density at radius 3 is 2.90 bits per heavy atom. The van der Waals surface area contributed by atoms with Gasteiger partial charge in [-0.3, -0.25) is 4.79 Å². The molecular weight excluding hydrogens is 248 g/mol. The molecule has 1 aromatic carbocycles. The van der Waals surface area contributed by atoms with Crippen LogP contribution in [0.3, 0.4) is 0 Å². The molecule has 0 bridgehead atoms. The lowest BCUT2D eigenvalue weighted by Gasteiger charge is -2.28. The molecule has 20 heavy (non-hydrogen) atoms. The zero-order chi connectivity index (χ0) is 13.9. The minimum absolute atomic E-state index is 0.116. The minimum atomic E-state index is 0.116. The van der Waals surface area contributed by atoms with Crippen LogP contribution in [0.5, 0.6) is 0 Å². The Balaban J connectivity index is 1.96. The Kier molecular flexibility index (Phi) is 3.59. The van der Waals surface area contributed by atoms with E-state index in [0.29, 0.717) is 12.6 Å². The van der Waals surface area contributed by atoms with Crippen molar-refractivity contribution in [2.75, 3.05) is 6.54 Å². The molecule has 0 saturated heterocycles. The van der Waals surface area contributed by atoms with E-state index in [1.807, 2.05) is 41.4 Å². The summed E-state index contributed by atoms with van der Waals surface area (Å²) in [5, 5.41) is 1.08. The van der Waals surface area contributed by atoms with Crippen molar-refractivity contribution in [3.8, 4) is 0 Å². The fraction of sp³-hybridized carbons (Fsp3) is 0.353. The Hall–Kier alpha value is -2.03. The molecule has 2 aromatic rings. The number of nitrogens with zero attached hydrogens (tertiary/aromatic N) is 1. The third-order valence-corrected chi connectivity index (χ3v) is 4.17. The standard InChI is InChI=1S/C17H20N2O/c1-2-12-19(14-7-3-4-8-14)17(20)15-9-5-6-13-10-11-18-16(13)15/h2,5-6,9-11,14,18H,1,3-4,7-8,12H2. The minimum Gasteiger partial charge on any atom is -0.361 e. The Bertz CT molecular complexity index is 623. The first-order chi connectivity index (χ1) is 9.81. The van der Waals surface area contributed by atoms with Crippen LogP contribution in [0.2, 0.25) is 0 Å². The maximum Gasteiger partial charge on any atom is 0.256 e. The summed E-state index contributed by atoms with van der Waals surface area (Å²) in [4.78, 5) is 18.1. The number of aromatic amines is 1. The first-order valence-electron chi connectivity index (χ1n) is 7.29. The number of hydrogen-bond acceptors (Lipinski definition) is 1. The number of H-pyrrole nitrogens is 1. The fourth-order valence-corrected chi connectivity index (χ4v) is 3.17. The second-order valence-electron chi connectivity index (χ2n) is 5.43. The van der Waals surface area contributed by atoms with Gasteiger partial charge in [-0.2, -0.15) is 0 Å².